The number of nitrogens with one attached hydrogen (secondary N) is 1. The van der Waals surface area contributed by atoms with Crippen molar-refractivity contribution in [3.63, 3.8) is 0 Å². The molecule has 0 bridgehead atoms. The van der Waals surface area contributed by atoms with Crippen LogP contribution in [0.5, 0.6) is 5.75 Å². The van der Waals surface area contributed by atoms with E-state index in [0.717, 1.165) is 22.2 Å². The normalized spacial score (nSPS) is 13.7. The zero-order valence-electron chi connectivity index (χ0n) is 15.9. The Labute approximate surface area is 150 Å². The van der Waals surface area contributed by atoms with Crippen molar-refractivity contribution >= 4 is 22.4 Å². The topological polar surface area (TPSA) is 47.6 Å². The number of benzene rings is 2. The van der Waals surface area contributed by atoms with Gasteiger partial charge in [0.05, 0.1) is 6.61 Å². The SMILES string of the molecule is CCO[C@](C)(CC)C(=O)Nc1ccc(OCC(C)C)c2ccccc12. The molecule has 2 aromatic rings. The van der Waals surface area contributed by atoms with Crippen molar-refractivity contribution < 1.29 is 14.3 Å². The molecule has 0 aliphatic rings. The molecule has 0 saturated carbocycles. The summed E-state index contributed by atoms with van der Waals surface area (Å²) in [6, 6.07) is 11.8. The van der Waals surface area contributed by atoms with E-state index in [-0.39, 0.29) is 5.91 Å². The largest absolute Gasteiger partial charge is 0.493 e. The number of amides is 1. The van der Waals surface area contributed by atoms with Crippen LogP contribution >= 0.6 is 0 Å². The van der Waals surface area contributed by atoms with Crippen LogP contribution in [0.1, 0.15) is 41.0 Å². The van der Waals surface area contributed by atoms with Crippen LogP contribution < -0.4 is 10.1 Å². The Bertz CT molecular complexity index is 726. The highest BCUT2D eigenvalue weighted by Gasteiger charge is 2.32. The minimum atomic E-state index is -0.831. The lowest BCUT2D eigenvalue weighted by atomic mass is 10.0. The number of rotatable bonds is 8. The quantitative estimate of drug-likeness (QED) is 0.732. The molecule has 2 rings (SSSR count). The predicted octanol–water partition coefficient (Wildman–Crippen LogP) is 5.02. The second kappa shape index (κ2) is 8.34. The molecule has 0 heterocycles. The molecule has 1 N–H and O–H groups in total. The monoisotopic (exact) mass is 343 g/mol. The lowest BCUT2D eigenvalue weighted by Crippen LogP contribution is -2.42. The highest BCUT2D eigenvalue weighted by molar-refractivity contribution is 6.06. The van der Waals surface area contributed by atoms with Crippen molar-refractivity contribution in [3.05, 3.63) is 36.4 Å². The van der Waals surface area contributed by atoms with E-state index >= 15 is 0 Å². The second-order valence-corrected chi connectivity index (χ2v) is 6.83. The van der Waals surface area contributed by atoms with Crippen LogP contribution in [-0.4, -0.2) is 24.7 Å². The summed E-state index contributed by atoms with van der Waals surface area (Å²) in [5.74, 6) is 1.16. The molecule has 1 atom stereocenters. The van der Waals surface area contributed by atoms with Gasteiger partial charge in [-0.1, -0.05) is 45.0 Å². The average molecular weight is 343 g/mol. The highest BCUT2D eigenvalue weighted by atomic mass is 16.5. The van der Waals surface area contributed by atoms with E-state index in [1.807, 2.05) is 57.2 Å². The van der Waals surface area contributed by atoms with Gasteiger partial charge in [-0.05, 0) is 38.3 Å². The van der Waals surface area contributed by atoms with Gasteiger partial charge in [0.1, 0.15) is 11.4 Å². The fraction of sp³-hybridized carbons (Fsp3) is 0.476. The Morgan fingerprint density at radius 3 is 2.40 bits per heavy atom. The third-order valence-corrected chi connectivity index (χ3v) is 4.32. The lowest BCUT2D eigenvalue weighted by molar-refractivity contribution is -0.139. The molecular weight excluding hydrogens is 314 g/mol. The highest BCUT2D eigenvalue weighted by Crippen LogP contribution is 2.32. The maximum atomic E-state index is 12.7. The van der Waals surface area contributed by atoms with Crippen molar-refractivity contribution in [1.29, 1.82) is 0 Å². The van der Waals surface area contributed by atoms with E-state index < -0.39 is 5.60 Å². The number of hydrogen-bond donors (Lipinski definition) is 1. The third kappa shape index (κ3) is 4.51. The zero-order chi connectivity index (χ0) is 18.4. The van der Waals surface area contributed by atoms with Crippen molar-refractivity contribution in [2.75, 3.05) is 18.5 Å². The molecule has 25 heavy (non-hydrogen) atoms. The minimum absolute atomic E-state index is 0.127. The summed E-state index contributed by atoms with van der Waals surface area (Å²) in [4.78, 5) is 12.7. The predicted molar refractivity (Wildman–Crippen MR) is 103 cm³/mol. The van der Waals surface area contributed by atoms with Gasteiger partial charge >= 0.3 is 0 Å². The van der Waals surface area contributed by atoms with E-state index in [0.29, 0.717) is 25.6 Å². The van der Waals surface area contributed by atoms with Gasteiger partial charge < -0.3 is 14.8 Å². The Morgan fingerprint density at radius 2 is 1.80 bits per heavy atom. The van der Waals surface area contributed by atoms with Crippen molar-refractivity contribution in [2.45, 2.75) is 46.6 Å². The van der Waals surface area contributed by atoms with Gasteiger partial charge in [0.15, 0.2) is 0 Å². The number of hydrogen-bond acceptors (Lipinski definition) is 3. The van der Waals surface area contributed by atoms with Gasteiger partial charge in [-0.25, -0.2) is 0 Å². The molecule has 0 saturated heterocycles. The first-order valence-corrected chi connectivity index (χ1v) is 9.01. The first kappa shape index (κ1) is 19.3. The van der Waals surface area contributed by atoms with Gasteiger partial charge in [0, 0.05) is 23.1 Å². The van der Waals surface area contributed by atoms with Crippen molar-refractivity contribution in [1.82, 2.24) is 0 Å². The molecule has 0 unspecified atom stereocenters. The second-order valence-electron chi connectivity index (χ2n) is 6.83. The Morgan fingerprint density at radius 1 is 1.12 bits per heavy atom. The summed E-state index contributed by atoms with van der Waals surface area (Å²) >= 11 is 0. The molecule has 2 aromatic carbocycles. The standard InChI is InChI=1S/C21H29NO3/c1-6-21(5,25-7-2)20(23)22-18-12-13-19(24-14-15(3)4)17-11-9-8-10-16(17)18/h8-13,15H,6-7,14H2,1-5H3,(H,22,23)/t21-/m1/s1. The molecule has 1 amide bonds. The molecule has 0 aliphatic heterocycles. The summed E-state index contributed by atoms with van der Waals surface area (Å²) in [5, 5.41) is 4.99. The molecule has 4 nitrogen and oxygen atoms in total. The van der Waals surface area contributed by atoms with Crippen molar-refractivity contribution in [3.8, 4) is 5.75 Å². The van der Waals surface area contributed by atoms with Gasteiger partial charge in [0.2, 0.25) is 0 Å². The number of fused-ring (bicyclic) bond motifs is 1. The van der Waals surface area contributed by atoms with Gasteiger partial charge in [-0.15, -0.1) is 0 Å². The van der Waals surface area contributed by atoms with Crippen LogP contribution in [0.3, 0.4) is 0 Å². The summed E-state index contributed by atoms with van der Waals surface area (Å²) in [5.41, 5.74) is -0.0558. The summed E-state index contributed by atoms with van der Waals surface area (Å²) < 4.78 is 11.6. The molecule has 0 spiro atoms. The Kier molecular flexibility index (Phi) is 6.43. The van der Waals surface area contributed by atoms with Crippen LogP contribution in [0.25, 0.3) is 10.8 Å². The molecule has 4 heteroatoms. The molecule has 136 valence electrons. The van der Waals surface area contributed by atoms with Crippen LogP contribution in [0.4, 0.5) is 5.69 Å². The van der Waals surface area contributed by atoms with E-state index in [2.05, 4.69) is 19.2 Å². The summed E-state index contributed by atoms with van der Waals surface area (Å²) in [7, 11) is 0. The van der Waals surface area contributed by atoms with Gasteiger partial charge in [-0.2, -0.15) is 0 Å². The Balaban J connectivity index is 2.33. The third-order valence-electron chi connectivity index (χ3n) is 4.32. The first-order valence-electron chi connectivity index (χ1n) is 9.01. The summed E-state index contributed by atoms with van der Waals surface area (Å²) in [6.45, 7) is 11.1. The number of carbonyl (C=O) groups excluding carboxylic acids is 1. The molecule has 0 radical (unpaired) electrons. The van der Waals surface area contributed by atoms with Crippen LogP contribution in [0, 0.1) is 5.92 Å². The van der Waals surface area contributed by atoms with Crippen LogP contribution in [0.2, 0.25) is 0 Å². The fourth-order valence-corrected chi connectivity index (χ4v) is 2.66. The molecule has 0 fully saturated rings. The average Bonchev–Trinajstić information content (AvgIpc) is 2.60. The molecule has 0 aliphatic carbocycles. The van der Waals surface area contributed by atoms with E-state index in [4.69, 9.17) is 9.47 Å². The smallest absolute Gasteiger partial charge is 0.256 e. The van der Waals surface area contributed by atoms with Crippen LogP contribution in [0.15, 0.2) is 36.4 Å². The maximum Gasteiger partial charge on any atom is 0.256 e. The number of anilines is 1. The van der Waals surface area contributed by atoms with E-state index in [9.17, 15) is 4.79 Å². The first-order chi connectivity index (χ1) is 11.9. The number of carbonyl (C=O) groups is 1. The Hall–Kier alpha value is -2.07. The fourth-order valence-electron chi connectivity index (χ4n) is 2.66. The van der Waals surface area contributed by atoms with E-state index in [1.54, 1.807) is 0 Å². The van der Waals surface area contributed by atoms with Gasteiger partial charge in [0.25, 0.3) is 5.91 Å². The van der Waals surface area contributed by atoms with Crippen molar-refractivity contribution in [2.24, 2.45) is 5.92 Å². The number of ether oxygens (including phenoxy) is 2. The van der Waals surface area contributed by atoms with Gasteiger partial charge in [-0.3, -0.25) is 4.79 Å². The van der Waals surface area contributed by atoms with Crippen LogP contribution in [-0.2, 0) is 9.53 Å². The summed E-state index contributed by atoms with van der Waals surface area (Å²) in [6.07, 6.45) is 0.611. The zero-order valence-corrected chi connectivity index (χ0v) is 15.9. The molecule has 0 aromatic heterocycles. The maximum absolute atomic E-state index is 12.7. The van der Waals surface area contributed by atoms with E-state index in [1.165, 1.54) is 0 Å². The minimum Gasteiger partial charge on any atom is -0.493 e. The lowest BCUT2D eigenvalue weighted by Gasteiger charge is -2.27. The molecular formula is C21H29NO3.